The Labute approximate surface area is 103 Å². The van der Waals surface area contributed by atoms with E-state index in [4.69, 9.17) is 4.74 Å². The minimum atomic E-state index is 0.553. The van der Waals surface area contributed by atoms with Gasteiger partial charge in [-0.25, -0.2) is 0 Å². The predicted molar refractivity (Wildman–Crippen MR) is 70.0 cm³/mol. The van der Waals surface area contributed by atoms with Gasteiger partial charge in [-0.1, -0.05) is 6.07 Å². The number of rotatable bonds is 1. The SMILES string of the molecule is COc1ccc2c(c1)N(C)C1C(C)NCCC21. The van der Waals surface area contributed by atoms with Gasteiger partial charge in [0.2, 0.25) is 0 Å². The number of likely N-dealkylation sites (N-methyl/N-ethyl adjacent to an activating group) is 1. The van der Waals surface area contributed by atoms with Crippen molar-refractivity contribution >= 4 is 5.69 Å². The number of fused-ring (bicyclic) bond motifs is 3. The lowest BCUT2D eigenvalue weighted by Gasteiger charge is -2.37. The van der Waals surface area contributed by atoms with Crippen LogP contribution >= 0.6 is 0 Å². The fourth-order valence-electron chi connectivity index (χ4n) is 3.48. The molecule has 0 amide bonds. The molecule has 3 nitrogen and oxygen atoms in total. The molecular formula is C14H20N2O. The number of methoxy groups -OCH3 is 1. The molecule has 1 saturated heterocycles. The molecule has 0 spiro atoms. The van der Waals surface area contributed by atoms with Crippen molar-refractivity contribution in [1.82, 2.24) is 5.32 Å². The molecule has 3 unspecified atom stereocenters. The van der Waals surface area contributed by atoms with Gasteiger partial charge in [-0.05, 0) is 31.5 Å². The van der Waals surface area contributed by atoms with E-state index in [9.17, 15) is 0 Å². The molecule has 0 radical (unpaired) electrons. The third-order valence-electron chi connectivity index (χ3n) is 4.31. The Morgan fingerprint density at radius 3 is 3.00 bits per heavy atom. The number of piperidine rings is 1. The van der Waals surface area contributed by atoms with Gasteiger partial charge in [0.15, 0.2) is 0 Å². The maximum Gasteiger partial charge on any atom is 0.120 e. The van der Waals surface area contributed by atoms with Crippen molar-refractivity contribution in [2.75, 3.05) is 25.6 Å². The van der Waals surface area contributed by atoms with E-state index < -0.39 is 0 Å². The summed E-state index contributed by atoms with van der Waals surface area (Å²) in [7, 11) is 3.93. The van der Waals surface area contributed by atoms with Crippen molar-refractivity contribution in [3.05, 3.63) is 23.8 Å². The number of hydrogen-bond donors (Lipinski definition) is 1. The van der Waals surface area contributed by atoms with E-state index in [2.05, 4.69) is 42.4 Å². The number of benzene rings is 1. The lowest BCUT2D eigenvalue weighted by Crippen LogP contribution is -2.51. The first kappa shape index (κ1) is 10.9. The zero-order valence-electron chi connectivity index (χ0n) is 10.7. The second-order valence-corrected chi connectivity index (χ2v) is 5.16. The van der Waals surface area contributed by atoms with Crippen LogP contribution in [0.2, 0.25) is 0 Å². The normalized spacial score (nSPS) is 31.0. The molecule has 2 aliphatic rings. The monoisotopic (exact) mass is 232 g/mol. The quantitative estimate of drug-likeness (QED) is 0.801. The van der Waals surface area contributed by atoms with Crippen molar-refractivity contribution in [2.24, 2.45) is 0 Å². The molecule has 2 aliphatic heterocycles. The second-order valence-electron chi connectivity index (χ2n) is 5.16. The molecule has 1 aromatic carbocycles. The highest BCUT2D eigenvalue weighted by Gasteiger charge is 2.41. The van der Waals surface area contributed by atoms with Crippen LogP contribution in [-0.2, 0) is 0 Å². The first-order valence-corrected chi connectivity index (χ1v) is 6.36. The first-order chi connectivity index (χ1) is 8.22. The van der Waals surface area contributed by atoms with Gasteiger partial charge in [-0.3, -0.25) is 0 Å². The van der Waals surface area contributed by atoms with Gasteiger partial charge in [0, 0.05) is 30.8 Å². The Bertz CT molecular complexity index is 432. The number of ether oxygens (including phenoxy) is 1. The Kier molecular flexibility index (Phi) is 2.51. The lowest BCUT2D eigenvalue weighted by molar-refractivity contribution is 0.337. The van der Waals surface area contributed by atoms with Gasteiger partial charge in [0.1, 0.15) is 5.75 Å². The fraction of sp³-hybridized carbons (Fsp3) is 0.571. The molecule has 0 aliphatic carbocycles. The Hall–Kier alpha value is -1.22. The van der Waals surface area contributed by atoms with Gasteiger partial charge in [-0.2, -0.15) is 0 Å². The Morgan fingerprint density at radius 1 is 1.41 bits per heavy atom. The van der Waals surface area contributed by atoms with Crippen LogP contribution in [0.4, 0.5) is 5.69 Å². The van der Waals surface area contributed by atoms with Crippen LogP contribution in [0.3, 0.4) is 0 Å². The average Bonchev–Trinajstić information content (AvgIpc) is 2.64. The van der Waals surface area contributed by atoms with Gasteiger partial charge in [-0.15, -0.1) is 0 Å². The topological polar surface area (TPSA) is 24.5 Å². The molecular weight excluding hydrogens is 212 g/mol. The summed E-state index contributed by atoms with van der Waals surface area (Å²) in [6, 6.07) is 7.64. The maximum absolute atomic E-state index is 5.33. The van der Waals surface area contributed by atoms with Crippen LogP contribution in [0.25, 0.3) is 0 Å². The second kappa shape index (κ2) is 3.91. The highest BCUT2D eigenvalue weighted by Crippen LogP contribution is 2.45. The Balaban J connectivity index is 2.04. The summed E-state index contributed by atoms with van der Waals surface area (Å²) in [6.07, 6.45) is 1.23. The van der Waals surface area contributed by atoms with E-state index in [1.807, 2.05) is 0 Å². The van der Waals surface area contributed by atoms with Gasteiger partial charge < -0.3 is 15.0 Å². The molecule has 1 aromatic rings. The van der Waals surface area contributed by atoms with Crippen molar-refractivity contribution in [2.45, 2.75) is 31.3 Å². The zero-order valence-corrected chi connectivity index (χ0v) is 10.7. The van der Waals surface area contributed by atoms with Crippen LogP contribution in [0, 0.1) is 0 Å². The van der Waals surface area contributed by atoms with Crippen LogP contribution < -0.4 is 15.0 Å². The molecule has 0 aromatic heterocycles. The average molecular weight is 232 g/mol. The third-order valence-corrected chi connectivity index (χ3v) is 4.31. The van der Waals surface area contributed by atoms with E-state index in [1.54, 1.807) is 7.11 Å². The van der Waals surface area contributed by atoms with E-state index >= 15 is 0 Å². The number of anilines is 1. The summed E-state index contributed by atoms with van der Waals surface area (Å²) in [5.41, 5.74) is 2.83. The molecule has 3 atom stereocenters. The first-order valence-electron chi connectivity index (χ1n) is 6.36. The summed E-state index contributed by atoms with van der Waals surface area (Å²) in [6.45, 7) is 3.41. The standard InChI is InChI=1S/C14H20N2O/c1-9-14-12(6-7-15-9)11-5-4-10(17-3)8-13(11)16(14)2/h4-5,8-9,12,14-15H,6-7H2,1-3H3. The summed E-state index contributed by atoms with van der Waals surface area (Å²) in [5, 5.41) is 3.57. The molecule has 2 heterocycles. The van der Waals surface area contributed by atoms with Gasteiger partial charge in [0.05, 0.1) is 13.2 Å². The predicted octanol–water partition coefficient (Wildman–Crippen LogP) is 1.98. The fourth-order valence-corrected chi connectivity index (χ4v) is 3.48. The zero-order chi connectivity index (χ0) is 12.0. The maximum atomic E-state index is 5.33. The minimum Gasteiger partial charge on any atom is -0.497 e. The lowest BCUT2D eigenvalue weighted by atomic mass is 9.85. The Morgan fingerprint density at radius 2 is 2.24 bits per heavy atom. The van der Waals surface area contributed by atoms with E-state index in [1.165, 1.54) is 17.7 Å². The van der Waals surface area contributed by atoms with E-state index in [0.29, 0.717) is 18.0 Å². The van der Waals surface area contributed by atoms with Crippen LogP contribution in [0.1, 0.15) is 24.8 Å². The van der Waals surface area contributed by atoms with Crippen LogP contribution in [0.15, 0.2) is 18.2 Å². The van der Waals surface area contributed by atoms with Crippen molar-refractivity contribution < 1.29 is 4.74 Å². The molecule has 1 fully saturated rings. The number of nitrogens with one attached hydrogen (secondary N) is 1. The minimum absolute atomic E-state index is 0.553. The summed E-state index contributed by atoms with van der Waals surface area (Å²) in [5.74, 6) is 1.63. The van der Waals surface area contributed by atoms with Crippen molar-refractivity contribution in [1.29, 1.82) is 0 Å². The summed E-state index contributed by atoms with van der Waals surface area (Å²) < 4.78 is 5.33. The highest BCUT2D eigenvalue weighted by atomic mass is 16.5. The van der Waals surface area contributed by atoms with E-state index in [0.717, 1.165) is 12.3 Å². The van der Waals surface area contributed by atoms with Gasteiger partial charge >= 0.3 is 0 Å². The van der Waals surface area contributed by atoms with E-state index in [-0.39, 0.29) is 0 Å². The van der Waals surface area contributed by atoms with Gasteiger partial charge in [0.25, 0.3) is 0 Å². The van der Waals surface area contributed by atoms with Crippen molar-refractivity contribution in [3.63, 3.8) is 0 Å². The summed E-state index contributed by atoms with van der Waals surface area (Å²) in [4.78, 5) is 2.42. The molecule has 0 saturated carbocycles. The van der Waals surface area contributed by atoms with Crippen LogP contribution in [0.5, 0.6) is 5.75 Å². The largest absolute Gasteiger partial charge is 0.497 e. The van der Waals surface area contributed by atoms with Crippen molar-refractivity contribution in [3.8, 4) is 5.75 Å². The molecule has 0 bridgehead atoms. The number of hydrogen-bond acceptors (Lipinski definition) is 3. The van der Waals surface area contributed by atoms with Crippen LogP contribution in [-0.4, -0.2) is 32.8 Å². The molecule has 1 N–H and O–H groups in total. The highest BCUT2D eigenvalue weighted by molar-refractivity contribution is 5.64. The summed E-state index contributed by atoms with van der Waals surface area (Å²) >= 11 is 0. The smallest absolute Gasteiger partial charge is 0.120 e. The third kappa shape index (κ3) is 1.53. The molecule has 17 heavy (non-hydrogen) atoms. The molecule has 92 valence electrons. The molecule has 3 heteroatoms. The molecule has 3 rings (SSSR count). The number of nitrogens with zero attached hydrogens (tertiary/aromatic N) is 1.